The van der Waals surface area contributed by atoms with E-state index in [4.69, 9.17) is 0 Å². The summed E-state index contributed by atoms with van der Waals surface area (Å²) in [6, 6.07) is 0. The van der Waals surface area contributed by atoms with E-state index >= 15 is 0 Å². The van der Waals surface area contributed by atoms with Gasteiger partial charge in [0.2, 0.25) is 0 Å². The Bertz CT molecular complexity index is 219. The van der Waals surface area contributed by atoms with Crippen molar-refractivity contribution in [3.05, 3.63) is 0 Å². The van der Waals surface area contributed by atoms with Crippen molar-refractivity contribution in [2.45, 2.75) is 51.7 Å². The zero-order valence-electron chi connectivity index (χ0n) is 8.75. The highest BCUT2D eigenvalue weighted by Gasteiger charge is 2.59. The van der Waals surface area contributed by atoms with Gasteiger partial charge in [0, 0.05) is 0 Å². The van der Waals surface area contributed by atoms with E-state index in [1.807, 2.05) is 13.8 Å². The molecule has 0 aliphatic heterocycles. The number of hydrogen-bond donors (Lipinski definition) is 2. The minimum atomic E-state index is -0.621. The maximum absolute atomic E-state index is 9.96. The van der Waals surface area contributed by atoms with Crippen LogP contribution in [0.4, 0.5) is 0 Å². The van der Waals surface area contributed by atoms with E-state index in [0.717, 1.165) is 12.8 Å². The highest BCUT2D eigenvalue weighted by Crippen LogP contribution is 2.61. The average molecular weight is 184 g/mol. The molecule has 0 aromatic heterocycles. The number of fused-ring (bicyclic) bond motifs is 1. The van der Waals surface area contributed by atoms with Crippen LogP contribution in [-0.4, -0.2) is 21.9 Å². The van der Waals surface area contributed by atoms with Gasteiger partial charge in [-0.1, -0.05) is 6.92 Å². The lowest BCUT2D eigenvalue weighted by Gasteiger charge is -2.47. The van der Waals surface area contributed by atoms with Crippen molar-refractivity contribution in [1.82, 2.24) is 0 Å². The molecule has 2 rings (SSSR count). The molecule has 0 heterocycles. The summed E-state index contributed by atoms with van der Waals surface area (Å²) in [6.07, 6.45) is 2.90. The molecular weight excluding hydrogens is 164 g/mol. The Morgan fingerprint density at radius 2 is 2.00 bits per heavy atom. The molecule has 0 radical (unpaired) electrons. The van der Waals surface area contributed by atoms with E-state index in [0.29, 0.717) is 11.8 Å². The molecule has 2 saturated carbocycles. The Hall–Kier alpha value is -0.0800. The molecule has 4 unspecified atom stereocenters. The summed E-state index contributed by atoms with van der Waals surface area (Å²) >= 11 is 0. The van der Waals surface area contributed by atoms with Crippen LogP contribution in [0.3, 0.4) is 0 Å². The Balaban J connectivity index is 2.19. The topological polar surface area (TPSA) is 40.5 Å². The van der Waals surface area contributed by atoms with Gasteiger partial charge < -0.3 is 10.2 Å². The van der Waals surface area contributed by atoms with Crippen molar-refractivity contribution in [1.29, 1.82) is 0 Å². The third-order valence-electron chi connectivity index (χ3n) is 4.47. The van der Waals surface area contributed by atoms with Gasteiger partial charge in [-0.2, -0.15) is 0 Å². The number of rotatable bonds is 1. The first-order valence-electron chi connectivity index (χ1n) is 5.26. The second kappa shape index (κ2) is 2.48. The lowest BCUT2D eigenvalue weighted by Crippen LogP contribution is -2.45. The molecule has 4 atom stereocenters. The molecule has 0 saturated heterocycles. The minimum absolute atomic E-state index is 0.116. The van der Waals surface area contributed by atoms with E-state index in [-0.39, 0.29) is 11.5 Å². The predicted molar refractivity (Wildman–Crippen MR) is 51.2 cm³/mol. The van der Waals surface area contributed by atoms with Gasteiger partial charge in [-0.05, 0) is 50.4 Å². The molecular formula is C11H20O2. The molecule has 0 aromatic carbocycles. The van der Waals surface area contributed by atoms with Crippen LogP contribution in [0, 0.1) is 17.3 Å². The third kappa shape index (κ3) is 1.15. The van der Waals surface area contributed by atoms with Crippen LogP contribution in [0.15, 0.2) is 0 Å². The molecule has 2 nitrogen and oxygen atoms in total. The summed E-state index contributed by atoms with van der Waals surface area (Å²) < 4.78 is 0. The number of aliphatic hydroxyl groups is 2. The normalized spacial score (nSPS) is 50.1. The van der Waals surface area contributed by atoms with Crippen molar-refractivity contribution in [2.75, 3.05) is 0 Å². The quantitative estimate of drug-likeness (QED) is 0.649. The molecule has 2 aliphatic rings. The summed E-state index contributed by atoms with van der Waals surface area (Å²) in [5.41, 5.74) is -0.505. The lowest BCUT2D eigenvalue weighted by molar-refractivity contribution is -0.0655. The molecule has 0 aromatic rings. The number of hydrogen-bond acceptors (Lipinski definition) is 2. The molecule has 2 fully saturated rings. The largest absolute Gasteiger partial charge is 0.393 e. The Morgan fingerprint density at radius 1 is 1.38 bits per heavy atom. The Morgan fingerprint density at radius 3 is 2.23 bits per heavy atom. The van der Waals surface area contributed by atoms with E-state index in [2.05, 4.69) is 6.92 Å². The lowest BCUT2D eigenvalue weighted by atomic mass is 9.59. The van der Waals surface area contributed by atoms with E-state index in [1.54, 1.807) is 0 Å². The van der Waals surface area contributed by atoms with Crippen LogP contribution >= 0.6 is 0 Å². The van der Waals surface area contributed by atoms with Gasteiger partial charge in [-0.25, -0.2) is 0 Å². The SMILES string of the molecule is CC(C)(O)C1CC(O)C2(C)CCC12. The summed E-state index contributed by atoms with van der Waals surface area (Å²) in [4.78, 5) is 0. The van der Waals surface area contributed by atoms with Gasteiger partial charge in [-0.3, -0.25) is 0 Å². The molecule has 13 heavy (non-hydrogen) atoms. The molecule has 2 heteroatoms. The molecule has 2 aliphatic carbocycles. The van der Waals surface area contributed by atoms with Crippen molar-refractivity contribution in [3.8, 4) is 0 Å². The first-order chi connectivity index (χ1) is 5.86. The zero-order valence-corrected chi connectivity index (χ0v) is 8.75. The van der Waals surface area contributed by atoms with Gasteiger partial charge in [0.05, 0.1) is 11.7 Å². The van der Waals surface area contributed by atoms with E-state index < -0.39 is 5.60 Å². The Labute approximate surface area is 80.0 Å². The van der Waals surface area contributed by atoms with Crippen molar-refractivity contribution >= 4 is 0 Å². The van der Waals surface area contributed by atoms with Crippen LogP contribution < -0.4 is 0 Å². The van der Waals surface area contributed by atoms with Crippen molar-refractivity contribution < 1.29 is 10.2 Å². The summed E-state index contributed by atoms with van der Waals surface area (Å²) in [6.45, 7) is 5.90. The molecule has 0 bridgehead atoms. The first kappa shape index (κ1) is 9.47. The maximum Gasteiger partial charge on any atom is 0.0623 e. The van der Waals surface area contributed by atoms with Gasteiger partial charge in [0.15, 0.2) is 0 Å². The minimum Gasteiger partial charge on any atom is -0.393 e. The Kier molecular flexibility index (Phi) is 1.81. The maximum atomic E-state index is 9.96. The van der Waals surface area contributed by atoms with Gasteiger partial charge in [-0.15, -0.1) is 0 Å². The third-order valence-corrected chi connectivity index (χ3v) is 4.47. The second-order valence-corrected chi connectivity index (χ2v) is 5.66. The van der Waals surface area contributed by atoms with E-state index in [1.165, 1.54) is 6.42 Å². The fourth-order valence-corrected chi connectivity index (χ4v) is 3.30. The predicted octanol–water partition coefficient (Wildman–Crippen LogP) is 1.55. The molecule has 0 spiro atoms. The molecule has 2 N–H and O–H groups in total. The molecule has 0 amide bonds. The number of aliphatic hydroxyl groups excluding tert-OH is 1. The van der Waals surface area contributed by atoms with E-state index in [9.17, 15) is 10.2 Å². The standard InChI is InChI=1S/C11H20O2/c1-10(2,13)8-6-9(12)11(3)5-4-7(8)11/h7-9,12-13H,4-6H2,1-3H3. The second-order valence-electron chi connectivity index (χ2n) is 5.66. The highest BCUT2D eigenvalue weighted by atomic mass is 16.3. The zero-order chi connectivity index (χ0) is 9.85. The monoisotopic (exact) mass is 184 g/mol. The fraction of sp³-hybridized carbons (Fsp3) is 1.00. The summed E-state index contributed by atoms with van der Waals surface area (Å²) in [7, 11) is 0. The highest BCUT2D eigenvalue weighted by molar-refractivity contribution is 5.09. The van der Waals surface area contributed by atoms with Gasteiger partial charge in [0.1, 0.15) is 0 Å². The van der Waals surface area contributed by atoms with Crippen LogP contribution in [0.2, 0.25) is 0 Å². The summed E-state index contributed by atoms with van der Waals surface area (Å²) in [5, 5.41) is 19.9. The van der Waals surface area contributed by atoms with Crippen molar-refractivity contribution in [3.63, 3.8) is 0 Å². The molecule has 76 valence electrons. The van der Waals surface area contributed by atoms with Crippen molar-refractivity contribution in [2.24, 2.45) is 17.3 Å². The fourth-order valence-electron chi connectivity index (χ4n) is 3.30. The van der Waals surface area contributed by atoms with Crippen LogP contribution in [0.1, 0.15) is 40.0 Å². The summed E-state index contributed by atoms with van der Waals surface area (Å²) in [5.74, 6) is 0.837. The first-order valence-corrected chi connectivity index (χ1v) is 5.26. The van der Waals surface area contributed by atoms with Gasteiger partial charge >= 0.3 is 0 Å². The smallest absolute Gasteiger partial charge is 0.0623 e. The average Bonchev–Trinajstić information content (AvgIpc) is 2.11. The van der Waals surface area contributed by atoms with Crippen LogP contribution in [-0.2, 0) is 0 Å². The van der Waals surface area contributed by atoms with Crippen LogP contribution in [0.25, 0.3) is 0 Å². The van der Waals surface area contributed by atoms with Gasteiger partial charge in [0.25, 0.3) is 0 Å². The van der Waals surface area contributed by atoms with Crippen LogP contribution in [0.5, 0.6) is 0 Å².